The van der Waals surface area contributed by atoms with E-state index in [2.05, 4.69) is 83.3 Å². The summed E-state index contributed by atoms with van der Waals surface area (Å²) in [5, 5.41) is 36.4. The number of aromatic carboxylic acids is 1. The van der Waals surface area contributed by atoms with E-state index < -0.39 is 50.1 Å². The maximum Gasteiger partial charge on any atom is 1.00 e. The van der Waals surface area contributed by atoms with Gasteiger partial charge >= 0.3 is 73.8 Å². The van der Waals surface area contributed by atoms with Crippen LogP contribution in [0, 0.1) is 9.93 Å². The Morgan fingerprint density at radius 3 is 0.912 bits per heavy atom. The molecule has 0 aliphatic carbocycles. The Morgan fingerprint density at radius 1 is 0.392 bits per heavy atom. The molecule has 0 bridgehead atoms. The number of nitrogens with one attached hydrogen (secondary N) is 7. The number of nitrogens with zero attached hydrogens (tertiary/aromatic N) is 2. The van der Waals surface area contributed by atoms with Crippen LogP contribution in [-0.2, 0) is 69.0 Å². The fraction of sp³-hybridized carbons (Fsp3) is 0.185. The number of methoxy groups -OCH3 is 7. The van der Waals surface area contributed by atoms with Gasteiger partial charge in [0, 0.05) is 90.7 Å². The number of benzene rings is 7. The number of fused-ring (bicyclic) bond motifs is 7. The summed E-state index contributed by atoms with van der Waals surface area (Å²) in [6, 6.07) is 22.5. The van der Waals surface area contributed by atoms with E-state index in [9.17, 15) is 57.6 Å². The van der Waals surface area contributed by atoms with Crippen molar-refractivity contribution in [2.75, 3.05) is 115 Å². The molecule has 648 valence electrons. The van der Waals surface area contributed by atoms with Crippen LogP contribution in [0.4, 0.5) is 39.8 Å². The molecule has 7 aromatic rings. The van der Waals surface area contributed by atoms with Gasteiger partial charge in [-0.15, -0.1) is 4.52 Å². The normalized spacial score (nSPS) is 13.3. The van der Waals surface area contributed by atoms with Crippen LogP contribution >= 0.6 is 8.69 Å². The average molecular weight is 1770 g/mol. The van der Waals surface area contributed by atoms with E-state index in [0.717, 1.165) is 11.1 Å². The van der Waals surface area contributed by atoms with Crippen molar-refractivity contribution in [2.45, 2.75) is 26.3 Å². The van der Waals surface area contributed by atoms with Crippen molar-refractivity contribution in [2.24, 2.45) is 11.5 Å². The number of primary amides is 1. The van der Waals surface area contributed by atoms with Gasteiger partial charge in [-0.05, 0) is 72.3 Å². The molecule has 7 aromatic carbocycles. The van der Waals surface area contributed by atoms with Crippen molar-refractivity contribution in [3.63, 3.8) is 0 Å². The molecule has 44 heteroatoms. The van der Waals surface area contributed by atoms with E-state index in [-0.39, 0.29) is 172 Å². The van der Waals surface area contributed by atoms with Crippen molar-refractivity contribution in [1.82, 2.24) is 9.80 Å². The fourth-order valence-corrected chi connectivity index (χ4v) is 11.2. The molecular weight excluding hydrogens is 1680 g/mol. The van der Waals surface area contributed by atoms with Gasteiger partial charge in [-0.2, -0.15) is 0 Å². The van der Waals surface area contributed by atoms with Crippen molar-refractivity contribution in [3.05, 3.63) is 220 Å². The summed E-state index contributed by atoms with van der Waals surface area (Å²) >= 11 is 0. The maximum absolute atomic E-state index is 12.1. The average Bonchev–Trinajstić information content (AvgIpc) is 1.28. The minimum Gasteiger partial charge on any atom is -1.00 e. The van der Waals surface area contributed by atoms with E-state index in [1.807, 2.05) is 25.1 Å². The molecule has 0 saturated carbocycles. The number of hydrogen-bond acceptors (Lipinski definition) is 31. The summed E-state index contributed by atoms with van der Waals surface area (Å²) in [6.07, 6.45) is 0. The van der Waals surface area contributed by atoms with E-state index in [4.69, 9.17) is 97.3 Å². The first-order valence-electron chi connectivity index (χ1n) is 35.1. The van der Waals surface area contributed by atoms with Gasteiger partial charge in [-0.25, -0.2) is 4.79 Å². The zero-order valence-corrected chi connectivity index (χ0v) is 74.7. The largest absolute Gasteiger partial charge is 1.00 e. The molecule has 13 N–H and O–H groups in total. The second kappa shape index (κ2) is 46.4. The summed E-state index contributed by atoms with van der Waals surface area (Å²) in [6.45, 7) is 25.2. The number of aliphatic hydroxyl groups excluding tert-OH is 1. The first-order valence-corrected chi connectivity index (χ1v) is 35.9. The Morgan fingerprint density at radius 2 is 0.632 bits per heavy atom. The number of aliphatic hydroxyl groups is 1. The van der Waals surface area contributed by atoms with Gasteiger partial charge < -0.3 is 136 Å². The van der Waals surface area contributed by atoms with Crippen LogP contribution in [-0.4, -0.2) is 157 Å². The minimum atomic E-state index is -1.18. The summed E-state index contributed by atoms with van der Waals surface area (Å²) in [4.78, 5) is 132. The molecule has 0 saturated heterocycles. The predicted octanol–water partition coefficient (Wildman–Crippen LogP) is 2.93. The van der Waals surface area contributed by atoms with Gasteiger partial charge in [0.25, 0.3) is 53.2 Å². The van der Waals surface area contributed by atoms with Crippen LogP contribution in [0.3, 0.4) is 0 Å². The molecule has 0 aromatic heterocycles. The number of anilines is 7. The molecule has 0 radical (unpaired) electrons. The van der Waals surface area contributed by atoms with Crippen LogP contribution in [0.5, 0.6) is 80.5 Å². The van der Waals surface area contributed by atoms with Crippen LogP contribution in [0.15, 0.2) is 171 Å². The summed E-state index contributed by atoms with van der Waals surface area (Å²) in [5.41, 5.74) is 16.9. The Kier molecular flexibility index (Phi) is 37.8. The first-order chi connectivity index (χ1) is 58.4. The molecule has 125 heavy (non-hydrogen) atoms. The van der Waals surface area contributed by atoms with Crippen molar-refractivity contribution < 1.29 is 194 Å². The number of amides is 9. The number of ether oxygens (including phenoxy) is 14. The van der Waals surface area contributed by atoms with E-state index in [1.165, 1.54) is 64.7 Å². The van der Waals surface area contributed by atoms with Gasteiger partial charge in [-0.3, -0.25) is 43.2 Å². The topological polar surface area (TPSA) is 544 Å². The Bertz CT molecular complexity index is 5350. The monoisotopic (exact) mass is 1770 g/mol. The summed E-state index contributed by atoms with van der Waals surface area (Å²) in [7, 11) is 16.8. The second-order valence-electron chi connectivity index (χ2n) is 25.5. The van der Waals surface area contributed by atoms with Gasteiger partial charge in [0.1, 0.15) is 46.9 Å². The summed E-state index contributed by atoms with van der Waals surface area (Å²) in [5.74, 6) is 1.18. The SMILES string of the molecule is C=C1Oc2cc(OC)cc(C(=O)N(C)C)c2NC1=O.C=C1Oc2cc(OC)cc(C(=O)O)c2NC1=O.C=C1Oc2cc(OC)cc(C(N)=O)c2NC1=O.C=C1Oc2cc(OC)cc(CN(C)C)c2NC1=O.C=C1Oc2cc(OC)cc(CN)c2NC1=O.C=C1Oc2cc(OC)cc(CO)c2NC1=O.C=C1Oc2cc(OC)cc(CO[PH+]=O)c2NC1=O.O=O.[H-].[Na+].[Na+]. The fourth-order valence-electron chi connectivity index (χ4n) is 11.0. The molecule has 1 atom stereocenters. The van der Waals surface area contributed by atoms with Gasteiger partial charge in [0.05, 0.1) is 113 Å². The quantitative estimate of drug-likeness (QED) is 0.0355. The number of carboxylic acid groups (broad SMARTS) is 1. The van der Waals surface area contributed by atoms with Crippen LogP contribution < -0.4 is 174 Å². The molecule has 14 rings (SSSR count). The zero-order chi connectivity index (χ0) is 91.1. The predicted molar refractivity (Wildman–Crippen MR) is 446 cm³/mol. The molecular formula is C81H84N11Na2O30P+2. The number of carbonyl (C=O) groups is 10. The standard InChI is InChI=1S/C13H14N2O4.C13H16N2O3.C11H10N2O4.C11H12N2O3.C11H10NO5P.C11H9NO5.C11H11NO4.2Na.O2.H/c1-7-12(16)14-11-9(13(17)15(2)3)5-8(18-4)6-10(11)19-7;1-8-13(16)14-12-9(7-15(2)3)5-10(17-4)6-11(12)18-8;1-5-11(15)13-9-7(10(12)14)3-6(16-2)4-8(9)17-5;1-6-11(14)13-10-7(5-12)3-8(15-2)4-9(10)16-6;1-6-11(13)12-10-7(5-16-18-14)3-8(15-2)4-9(10)17-6;1-5-10(13)12-9-7(11(14)15)3-6(16-2)4-8(9)17-5;1-6-11(14)12-10-7(5-13)3-8(15-2)4-9(10)16-6;;;1-2;/h5-6H,1H2,2-4H3,(H,14,16);5-6H,1,7H2,2-4H3,(H,14,16);3-4H,1H2,2H3,(H2,12,14)(H,13,15);3-4H,1,5,12H2,2H3,(H,13,14);3-4,18H,1,5H2,2H3;3-4H,1H2,2H3,(H,12,13)(H,14,15);3-4,13H,1,5H2,2H3,(H,12,14);;;;/q;;;;;;;2*+1;;-1/p+1. The second-order valence-corrected chi connectivity index (χ2v) is 25.9. The zero-order valence-electron chi connectivity index (χ0n) is 70.7. The molecule has 41 nitrogen and oxygen atoms in total. The Hall–Kier alpha value is -13.8. The van der Waals surface area contributed by atoms with Gasteiger partial charge in [-0.1, -0.05) is 46.1 Å². The van der Waals surface area contributed by atoms with Crippen molar-refractivity contribution in [1.29, 1.82) is 0 Å². The molecule has 7 aliphatic heterocycles. The molecule has 1 unspecified atom stereocenters. The number of hydrogen-bond donors (Lipinski definition) is 11. The van der Waals surface area contributed by atoms with Crippen LogP contribution in [0.2, 0.25) is 0 Å². The number of rotatable bonds is 17. The van der Waals surface area contributed by atoms with E-state index in [0.29, 0.717) is 121 Å². The number of carboxylic acids is 1. The molecule has 9 amide bonds. The third-order valence-corrected chi connectivity index (χ3v) is 17.1. The van der Waals surface area contributed by atoms with E-state index >= 15 is 0 Å². The first kappa shape index (κ1) is 102. The Labute approximate surface area is 760 Å². The Balaban J connectivity index is 0.000000306. The number of nitrogens with two attached hydrogens (primary N) is 2. The maximum atomic E-state index is 12.1. The summed E-state index contributed by atoms with van der Waals surface area (Å²) < 4.78 is 87.6. The van der Waals surface area contributed by atoms with Gasteiger partial charge in [0.15, 0.2) is 80.6 Å². The third-order valence-electron chi connectivity index (χ3n) is 16.9. The van der Waals surface area contributed by atoms with Crippen molar-refractivity contribution in [3.8, 4) is 80.5 Å². The minimum absolute atomic E-state index is 0. The van der Waals surface area contributed by atoms with Gasteiger partial charge in [0.2, 0.25) is 0 Å². The van der Waals surface area contributed by atoms with Crippen LogP contribution in [0.25, 0.3) is 0 Å². The molecule has 7 aliphatic rings. The van der Waals surface area contributed by atoms with E-state index in [1.54, 1.807) is 82.9 Å². The molecule has 0 spiro atoms. The van der Waals surface area contributed by atoms with Crippen LogP contribution in [0.1, 0.15) is 54.8 Å². The molecule has 7 heterocycles. The smallest absolute Gasteiger partial charge is 1.00 e. The third kappa shape index (κ3) is 25.6. The number of carbonyl (C=O) groups excluding carboxylic acids is 9. The molecule has 0 fully saturated rings. The van der Waals surface area contributed by atoms with Crippen molar-refractivity contribution >= 4 is 108 Å².